The highest BCUT2D eigenvalue weighted by Gasteiger charge is 2.11. The molecule has 1 N–H and O–H groups in total. The Morgan fingerprint density at radius 1 is 1.22 bits per heavy atom. The summed E-state index contributed by atoms with van der Waals surface area (Å²) < 4.78 is 1.87. The fourth-order valence-electron chi connectivity index (χ4n) is 2.01. The molecule has 2 aromatic rings. The van der Waals surface area contributed by atoms with Gasteiger partial charge in [0, 0.05) is 13.0 Å². The van der Waals surface area contributed by atoms with Crippen LogP contribution in [-0.2, 0) is 19.4 Å². The number of aryl methyl sites for hydroxylation is 1. The summed E-state index contributed by atoms with van der Waals surface area (Å²) in [5.41, 5.74) is 1.14. The Balaban J connectivity index is 1.94. The highest BCUT2D eigenvalue weighted by Crippen LogP contribution is 2.07. The molecule has 1 aromatic carbocycles. The van der Waals surface area contributed by atoms with Crippen LogP contribution in [0.25, 0.3) is 0 Å². The number of aliphatic hydroxyl groups excluding tert-OH is 1. The average molecular weight is 245 g/mol. The first kappa shape index (κ1) is 12.8. The summed E-state index contributed by atoms with van der Waals surface area (Å²) in [4.78, 5) is 4.21. The van der Waals surface area contributed by atoms with Gasteiger partial charge in [-0.2, -0.15) is 5.10 Å². The molecule has 0 radical (unpaired) electrons. The van der Waals surface area contributed by atoms with Gasteiger partial charge in [-0.05, 0) is 18.4 Å². The Hall–Kier alpha value is -1.68. The van der Waals surface area contributed by atoms with E-state index in [9.17, 15) is 5.11 Å². The van der Waals surface area contributed by atoms with Gasteiger partial charge < -0.3 is 5.11 Å². The van der Waals surface area contributed by atoms with Crippen molar-refractivity contribution in [2.24, 2.45) is 0 Å². The molecule has 1 unspecified atom stereocenters. The smallest absolute Gasteiger partial charge is 0.138 e. The SMILES string of the molecule is CCCn1ncnc1CC(O)Cc1ccccc1. The Kier molecular flexibility index (Phi) is 4.47. The molecule has 2 rings (SSSR count). The van der Waals surface area contributed by atoms with E-state index in [-0.39, 0.29) is 0 Å². The summed E-state index contributed by atoms with van der Waals surface area (Å²) in [7, 11) is 0. The predicted octanol–water partition coefficient (Wildman–Crippen LogP) is 1.83. The van der Waals surface area contributed by atoms with Crippen molar-refractivity contribution in [3.8, 4) is 0 Å². The lowest BCUT2D eigenvalue weighted by Crippen LogP contribution is -2.18. The molecule has 1 aromatic heterocycles. The highest BCUT2D eigenvalue weighted by molar-refractivity contribution is 5.15. The summed E-state index contributed by atoms with van der Waals surface area (Å²) in [5.74, 6) is 0.861. The molecule has 0 saturated heterocycles. The molecular weight excluding hydrogens is 226 g/mol. The summed E-state index contributed by atoms with van der Waals surface area (Å²) >= 11 is 0. The van der Waals surface area contributed by atoms with Crippen LogP contribution in [0.5, 0.6) is 0 Å². The van der Waals surface area contributed by atoms with Crippen molar-refractivity contribution in [3.63, 3.8) is 0 Å². The van der Waals surface area contributed by atoms with Crippen LogP contribution in [0, 0.1) is 0 Å². The number of nitrogens with zero attached hydrogens (tertiary/aromatic N) is 3. The van der Waals surface area contributed by atoms with E-state index in [2.05, 4.69) is 17.0 Å². The van der Waals surface area contributed by atoms with Gasteiger partial charge in [-0.3, -0.25) is 4.68 Å². The second-order valence-electron chi connectivity index (χ2n) is 4.45. The normalized spacial score (nSPS) is 12.6. The molecule has 0 bridgehead atoms. The molecular formula is C14H19N3O. The van der Waals surface area contributed by atoms with E-state index in [1.807, 2.05) is 35.0 Å². The molecule has 18 heavy (non-hydrogen) atoms. The van der Waals surface area contributed by atoms with Crippen LogP contribution in [0.15, 0.2) is 36.7 Å². The monoisotopic (exact) mass is 245 g/mol. The van der Waals surface area contributed by atoms with E-state index in [0.29, 0.717) is 12.8 Å². The Bertz CT molecular complexity index is 467. The van der Waals surface area contributed by atoms with Crippen LogP contribution in [0.1, 0.15) is 24.7 Å². The molecule has 0 aliphatic carbocycles. The highest BCUT2D eigenvalue weighted by atomic mass is 16.3. The second-order valence-corrected chi connectivity index (χ2v) is 4.45. The van der Waals surface area contributed by atoms with Crippen molar-refractivity contribution in [2.45, 2.75) is 38.8 Å². The number of benzene rings is 1. The van der Waals surface area contributed by atoms with Gasteiger partial charge in [-0.15, -0.1) is 0 Å². The first-order chi connectivity index (χ1) is 8.79. The van der Waals surface area contributed by atoms with E-state index < -0.39 is 6.10 Å². The Labute approximate surface area is 107 Å². The zero-order valence-electron chi connectivity index (χ0n) is 10.7. The molecule has 4 heteroatoms. The maximum atomic E-state index is 10.1. The topological polar surface area (TPSA) is 50.9 Å². The molecule has 1 atom stereocenters. The Morgan fingerprint density at radius 3 is 2.72 bits per heavy atom. The van der Waals surface area contributed by atoms with Crippen LogP contribution >= 0.6 is 0 Å². The third kappa shape index (κ3) is 3.40. The standard InChI is InChI=1S/C14H19N3O/c1-2-8-17-14(15-11-16-17)10-13(18)9-12-6-4-3-5-7-12/h3-7,11,13,18H,2,8-10H2,1H3. The molecule has 0 aliphatic rings. The van der Waals surface area contributed by atoms with Crippen molar-refractivity contribution in [2.75, 3.05) is 0 Å². The minimum absolute atomic E-state index is 0.410. The molecule has 0 fully saturated rings. The molecule has 0 saturated carbocycles. The van der Waals surface area contributed by atoms with E-state index in [0.717, 1.165) is 24.4 Å². The van der Waals surface area contributed by atoms with Crippen molar-refractivity contribution < 1.29 is 5.11 Å². The maximum absolute atomic E-state index is 10.1. The van der Waals surface area contributed by atoms with E-state index in [1.165, 1.54) is 0 Å². The minimum Gasteiger partial charge on any atom is -0.392 e. The molecule has 4 nitrogen and oxygen atoms in total. The quantitative estimate of drug-likeness (QED) is 0.844. The lowest BCUT2D eigenvalue weighted by molar-refractivity contribution is 0.171. The van der Waals surface area contributed by atoms with Crippen molar-refractivity contribution in [3.05, 3.63) is 48.0 Å². The lowest BCUT2D eigenvalue weighted by atomic mass is 10.1. The minimum atomic E-state index is -0.410. The number of hydrogen-bond donors (Lipinski definition) is 1. The summed E-state index contributed by atoms with van der Waals surface area (Å²) in [5, 5.41) is 14.2. The van der Waals surface area contributed by atoms with Gasteiger partial charge in [0.15, 0.2) is 0 Å². The van der Waals surface area contributed by atoms with E-state index in [4.69, 9.17) is 0 Å². The zero-order valence-corrected chi connectivity index (χ0v) is 10.7. The van der Waals surface area contributed by atoms with Gasteiger partial charge in [-0.1, -0.05) is 37.3 Å². The number of aliphatic hydroxyl groups is 1. The zero-order chi connectivity index (χ0) is 12.8. The summed E-state index contributed by atoms with van der Waals surface area (Å²) in [6.07, 6.45) is 3.37. The number of hydrogen-bond acceptors (Lipinski definition) is 3. The summed E-state index contributed by atoms with van der Waals surface area (Å²) in [6.45, 7) is 2.96. The summed E-state index contributed by atoms with van der Waals surface area (Å²) in [6, 6.07) is 10.0. The van der Waals surface area contributed by atoms with Crippen LogP contribution in [0.4, 0.5) is 0 Å². The van der Waals surface area contributed by atoms with Crippen LogP contribution in [0.3, 0.4) is 0 Å². The largest absolute Gasteiger partial charge is 0.392 e. The van der Waals surface area contributed by atoms with Crippen molar-refractivity contribution in [1.29, 1.82) is 0 Å². The van der Waals surface area contributed by atoms with E-state index >= 15 is 0 Å². The average Bonchev–Trinajstić information content (AvgIpc) is 2.78. The molecule has 0 amide bonds. The molecule has 1 heterocycles. The van der Waals surface area contributed by atoms with Crippen LogP contribution in [0.2, 0.25) is 0 Å². The molecule has 96 valence electrons. The maximum Gasteiger partial charge on any atom is 0.138 e. The Morgan fingerprint density at radius 2 is 2.00 bits per heavy atom. The van der Waals surface area contributed by atoms with Gasteiger partial charge in [0.1, 0.15) is 12.2 Å². The number of rotatable bonds is 6. The third-order valence-electron chi connectivity index (χ3n) is 2.86. The van der Waals surface area contributed by atoms with Gasteiger partial charge in [0.2, 0.25) is 0 Å². The molecule has 0 spiro atoms. The van der Waals surface area contributed by atoms with Crippen molar-refractivity contribution >= 4 is 0 Å². The van der Waals surface area contributed by atoms with Crippen molar-refractivity contribution in [1.82, 2.24) is 14.8 Å². The van der Waals surface area contributed by atoms with E-state index in [1.54, 1.807) is 6.33 Å². The van der Waals surface area contributed by atoms with Gasteiger partial charge in [-0.25, -0.2) is 4.98 Å². The molecule has 0 aliphatic heterocycles. The first-order valence-corrected chi connectivity index (χ1v) is 6.38. The van der Waals surface area contributed by atoms with Gasteiger partial charge >= 0.3 is 0 Å². The third-order valence-corrected chi connectivity index (χ3v) is 2.86. The fourth-order valence-corrected chi connectivity index (χ4v) is 2.01. The second kappa shape index (κ2) is 6.31. The fraction of sp³-hybridized carbons (Fsp3) is 0.429. The predicted molar refractivity (Wildman–Crippen MR) is 70.2 cm³/mol. The van der Waals surface area contributed by atoms with Crippen LogP contribution < -0.4 is 0 Å². The first-order valence-electron chi connectivity index (χ1n) is 6.38. The van der Waals surface area contributed by atoms with Gasteiger partial charge in [0.25, 0.3) is 0 Å². The van der Waals surface area contributed by atoms with Crippen LogP contribution in [-0.4, -0.2) is 26.0 Å². The lowest BCUT2D eigenvalue weighted by Gasteiger charge is -2.11. The number of aromatic nitrogens is 3. The van der Waals surface area contributed by atoms with Gasteiger partial charge in [0.05, 0.1) is 6.10 Å².